The van der Waals surface area contributed by atoms with Crippen LogP contribution in [0.5, 0.6) is 5.75 Å². The van der Waals surface area contributed by atoms with Gasteiger partial charge in [-0.1, -0.05) is 0 Å². The quantitative estimate of drug-likeness (QED) is 0.368. The fourth-order valence-corrected chi connectivity index (χ4v) is 2.52. The predicted octanol–water partition coefficient (Wildman–Crippen LogP) is 4.70. The van der Waals surface area contributed by atoms with Crippen LogP contribution in [0.25, 0.3) is 11.3 Å². The van der Waals surface area contributed by atoms with E-state index in [2.05, 4.69) is 11.1 Å². The SMILES string of the molecule is COc1cc([N+](=O)[O-])ccc1-c1ccc(C=Nc2oc(C)c(C)c2C#N)o1. The number of hydrogen-bond donors (Lipinski definition) is 0. The molecule has 0 unspecified atom stereocenters. The second kappa shape index (κ2) is 7.17. The van der Waals surface area contributed by atoms with Crippen molar-refractivity contribution in [3.8, 4) is 23.1 Å². The third kappa shape index (κ3) is 3.43. The van der Waals surface area contributed by atoms with Gasteiger partial charge in [-0.2, -0.15) is 5.26 Å². The molecule has 0 saturated heterocycles. The molecule has 0 bridgehead atoms. The summed E-state index contributed by atoms with van der Waals surface area (Å²) in [5.74, 6) is 2.08. The topological polar surface area (TPSA) is 115 Å². The lowest BCUT2D eigenvalue weighted by atomic mass is 10.1. The van der Waals surface area contributed by atoms with Crippen LogP contribution in [0.4, 0.5) is 11.6 Å². The summed E-state index contributed by atoms with van der Waals surface area (Å²) in [5, 5.41) is 20.1. The number of nitrogens with zero attached hydrogens (tertiary/aromatic N) is 3. The Balaban J connectivity index is 1.91. The minimum Gasteiger partial charge on any atom is -0.496 e. The third-order valence-electron chi connectivity index (χ3n) is 4.08. The molecule has 3 rings (SSSR count). The second-order valence-corrected chi connectivity index (χ2v) is 5.68. The fraction of sp³-hybridized carbons (Fsp3) is 0.158. The molecule has 2 heterocycles. The van der Waals surface area contributed by atoms with Gasteiger partial charge in [0.05, 0.1) is 29.9 Å². The molecule has 0 fully saturated rings. The molecule has 1 aromatic carbocycles. The Labute approximate surface area is 154 Å². The summed E-state index contributed by atoms with van der Waals surface area (Å²) in [7, 11) is 1.43. The highest BCUT2D eigenvalue weighted by Crippen LogP contribution is 2.34. The Morgan fingerprint density at radius 3 is 2.70 bits per heavy atom. The number of nitriles is 1. The highest BCUT2D eigenvalue weighted by Gasteiger charge is 2.16. The Bertz CT molecular complexity index is 1090. The van der Waals surface area contributed by atoms with Crippen molar-refractivity contribution in [3.05, 3.63) is 63.1 Å². The first kappa shape index (κ1) is 17.9. The molecule has 0 N–H and O–H groups in total. The Kier molecular flexibility index (Phi) is 4.77. The lowest BCUT2D eigenvalue weighted by Crippen LogP contribution is -1.92. The number of aryl methyl sites for hydroxylation is 1. The maximum atomic E-state index is 10.9. The molecule has 0 spiro atoms. The minimum atomic E-state index is -0.493. The standard InChI is InChI=1S/C19H15N3O5/c1-11-12(2)26-19(16(11)9-20)21-10-14-5-7-17(27-14)15-6-4-13(22(23)24)8-18(15)25-3/h4-8,10H,1-3H3. The first-order valence-corrected chi connectivity index (χ1v) is 7.91. The van der Waals surface area contributed by atoms with E-state index in [0.717, 1.165) is 5.56 Å². The minimum absolute atomic E-state index is 0.0727. The molecule has 3 aromatic rings. The zero-order chi connectivity index (χ0) is 19.6. The van der Waals surface area contributed by atoms with Crippen LogP contribution < -0.4 is 4.74 Å². The van der Waals surface area contributed by atoms with E-state index in [0.29, 0.717) is 34.2 Å². The fourth-order valence-electron chi connectivity index (χ4n) is 2.52. The highest BCUT2D eigenvalue weighted by atomic mass is 16.6. The number of non-ortho nitro benzene ring substituents is 1. The van der Waals surface area contributed by atoms with Crippen molar-refractivity contribution in [1.82, 2.24) is 0 Å². The van der Waals surface area contributed by atoms with Crippen LogP contribution in [0.2, 0.25) is 0 Å². The predicted molar refractivity (Wildman–Crippen MR) is 97.5 cm³/mol. The van der Waals surface area contributed by atoms with E-state index in [1.807, 2.05) is 0 Å². The van der Waals surface area contributed by atoms with Gasteiger partial charge < -0.3 is 13.6 Å². The van der Waals surface area contributed by atoms with Crippen LogP contribution >= 0.6 is 0 Å². The van der Waals surface area contributed by atoms with Gasteiger partial charge in [0.1, 0.15) is 34.7 Å². The van der Waals surface area contributed by atoms with Crippen LogP contribution in [0.1, 0.15) is 22.6 Å². The molecular formula is C19H15N3O5. The van der Waals surface area contributed by atoms with Gasteiger partial charge >= 0.3 is 0 Å². The zero-order valence-electron chi connectivity index (χ0n) is 14.8. The van der Waals surface area contributed by atoms with E-state index in [9.17, 15) is 15.4 Å². The van der Waals surface area contributed by atoms with Gasteiger partial charge in [-0.25, -0.2) is 4.99 Å². The van der Waals surface area contributed by atoms with E-state index < -0.39 is 4.92 Å². The number of nitro groups is 1. The summed E-state index contributed by atoms with van der Waals surface area (Å²) >= 11 is 0. The van der Waals surface area contributed by atoms with Crippen molar-refractivity contribution in [3.63, 3.8) is 0 Å². The lowest BCUT2D eigenvalue weighted by molar-refractivity contribution is -0.384. The van der Waals surface area contributed by atoms with Gasteiger partial charge in [0.25, 0.3) is 5.69 Å². The summed E-state index contributed by atoms with van der Waals surface area (Å²) in [5.41, 5.74) is 1.63. The van der Waals surface area contributed by atoms with Crippen LogP contribution in [0.15, 0.2) is 44.2 Å². The molecule has 0 aliphatic rings. The van der Waals surface area contributed by atoms with Gasteiger partial charge in [-0.3, -0.25) is 10.1 Å². The van der Waals surface area contributed by atoms with Gasteiger partial charge in [-0.15, -0.1) is 0 Å². The number of ether oxygens (including phenoxy) is 1. The number of aliphatic imine (C=N–C) groups is 1. The van der Waals surface area contributed by atoms with E-state index in [-0.39, 0.29) is 11.6 Å². The van der Waals surface area contributed by atoms with Crippen molar-refractivity contribution >= 4 is 17.8 Å². The Morgan fingerprint density at radius 2 is 2.04 bits per heavy atom. The van der Waals surface area contributed by atoms with Crippen LogP contribution in [0, 0.1) is 35.3 Å². The Hall–Kier alpha value is -3.86. The molecular weight excluding hydrogens is 350 g/mol. The van der Waals surface area contributed by atoms with Crippen molar-refractivity contribution in [1.29, 1.82) is 5.26 Å². The van der Waals surface area contributed by atoms with Gasteiger partial charge in [0.15, 0.2) is 0 Å². The molecule has 0 amide bonds. The average molecular weight is 365 g/mol. The average Bonchev–Trinajstić information content (AvgIpc) is 3.24. The van der Waals surface area contributed by atoms with Crippen molar-refractivity contribution < 1.29 is 18.5 Å². The molecule has 0 saturated carbocycles. The number of methoxy groups -OCH3 is 1. The van der Waals surface area contributed by atoms with Crippen molar-refractivity contribution in [2.45, 2.75) is 13.8 Å². The summed E-state index contributed by atoms with van der Waals surface area (Å²) in [6.07, 6.45) is 1.44. The Morgan fingerprint density at radius 1 is 1.26 bits per heavy atom. The molecule has 2 aromatic heterocycles. The van der Waals surface area contributed by atoms with Gasteiger partial charge in [-0.05, 0) is 32.0 Å². The molecule has 0 radical (unpaired) electrons. The summed E-state index contributed by atoms with van der Waals surface area (Å²) in [6, 6.07) is 9.73. The van der Waals surface area contributed by atoms with Crippen LogP contribution in [-0.4, -0.2) is 18.2 Å². The molecule has 8 heteroatoms. The summed E-state index contributed by atoms with van der Waals surface area (Å²) in [4.78, 5) is 14.6. The monoisotopic (exact) mass is 365 g/mol. The maximum absolute atomic E-state index is 10.9. The smallest absolute Gasteiger partial charge is 0.273 e. The van der Waals surface area contributed by atoms with Crippen molar-refractivity contribution in [2.24, 2.45) is 4.99 Å². The summed E-state index contributed by atoms with van der Waals surface area (Å²) < 4.78 is 16.4. The normalized spacial score (nSPS) is 10.9. The largest absolute Gasteiger partial charge is 0.496 e. The number of rotatable bonds is 5. The lowest BCUT2D eigenvalue weighted by Gasteiger charge is -2.05. The van der Waals surface area contributed by atoms with E-state index in [1.165, 1.54) is 25.5 Å². The molecule has 136 valence electrons. The first-order chi connectivity index (χ1) is 12.9. The van der Waals surface area contributed by atoms with E-state index in [1.54, 1.807) is 32.0 Å². The molecule has 27 heavy (non-hydrogen) atoms. The maximum Gasteiger partial charge on any atom is 0.273 e. The second-order valence-electron chi connectivity index (χ2n) is 5.68. The van der Waals surface area contributed by atoms with Crippen LogP contribution in [0.3, 0.4) is 0 Å². The highest BCUT2D eigenvalue weighted by molar-refractivity contribution is 5.80. The van der Waals surface area contributed by atoms with Crippen molar-refractivity contribution in [2.75, 3.05) is 7.11 Å². The van der Waals surface area contributed by atoms with Crippen LogP contribution in [-0.2, 0) is 0 Å². The van der Waals surface area contributed by atoms with E-state index >= 15 is 0 Å². The number of benzene rings is 1. The number of furan rings is 2. The van der Waals surface area contributed by atoms with E-state index in [4.69, 9.17) is 13.6 Å². The molecule has 0 aliphatic heterocycles. The molecule has 0 atom stereocenters. The number of nitro benzene ring substituents is 1. The molecule has 0 aliphatic carbocycles. The first-order valence-electron chi connectivity index (χ1n) is 7.91. The molecule has 8 nitrogen and oxygen atoms in total. The van der Waals surface area contributed by atoms with Gasteiger partial charge in [0, 0.05) is 11.6 Å². The van der Waals surface area contributed by atoms with Gasteiger partial charge in [0.2, 0.25) is 5.88 Å². The zero-order valence-corrected chi connectivity index (χ0v) is 14.8. The third-order valence-corrected chi connectivity index (χ3v) is 4.08. The summed E-state index contributed by atoms with van der Waals surface area (Å²) in [6.45, 7) is 3.56. The number of hydrogen-bond acceptors (Lipinski definition) is 7.